The van der Waals surface area contributed by atoms with Crippen LogP contribution in [0.2, 0.25) is 0 Å². The van der Waals surface area contributed by atoms with Crippen molar-refractivity contribution < 1.29 is 27.1 Å². The lowest BCUT2D eigenvalue weighted by Gasteiger charge is -2.25. The van der Waals surface area contributed by atoms with E-state index < -0.39 is 39.7 Å². The maximum Gasteiger partial charge on any atom is 0.262 e. The molecule has 0 bridgehead atoms. The van der Waals surface area contributed by atoms with Crippen LogP contribution in [0.3, 0.4) is 0 Å². The zero-order chi connectivity index (χ0) is 29.4. The molecule has 0 aliphatic heterocycles. The second-order valence-electron chi connectivity index (χ2n) is 9.58. The zero-order valence-electron chi connectivity index (χ0n) is 22.3. The minimum absolute atomic E-state index is 0.0426. The lowest BCUT2D eigenvalue weighted by molar-refractivity contribution is 0.0830. The molecule has 4 aromatic rings. The standard InChI is InChI=1S/C30H31F2N3O4S2/c1-2-20-5-3-6-21(11-20)17-33-18-29(36)28(14-22-12-24(31)16-25(32)13-22)34-30(37)23-7-4-8-26(15-23)35-41(38,39)27-9-10-40-19-27/h3-13,15-16,19,28-29,33,35-36H,2,14,17-18H2,1H3,(H,34,37). The van der Waals surface area contributed by atoms with E-state index in [0.29, 0.717) is 6.54 Å². The summed E-state index contributed by atoms with van der Waals surface area (Å²) >= 11 is 1.24. The number of rotatable bonds is 13. The highest BCUT2D eigenvalue weighted by Crippen LogP contribution is 2.20. The molecule has 0 spiro atoms. The summed E-state index contributed by atoms with van der Waals surface area (Å²) in [4.78, 5) is 13.3. The number of carbonyl (C=O) groups is 1. The van der Waals surface area contributed by atoms with Crippen molar-refractivity contribution in [2.45, 2.75) is 43.4 Å². The van der Waals surface area contributed by atoms with Crippen LogP contribution in [0.1, 0.15) is 34.0 Å². The number of carbonyl (C=O) groups excluding carboxylic acids is 1. The first-order valence-corrected chi connectivity index (χ1v) is 15.4. The summed E-state index contributed by atoms with van der Waals surface area (Å²) < 4.78 is 55.4. The lowest BCUT2D eigenvalue weighted by atomic mass is 10.00. The molecule has 41 heavy (non-hydrogen) atoms. The monoisotopic (exact) mass is 599 g/mol. The predicted molar refractivity (Wildman–Crippen MR) is 156 cm³/mol. The molecular formula is C30H31F2N3O4S2. The Morgan fingerprint density at radius 2 is 1.68 bits per heavy atom. The SMILES string of the molecule is CCc1cccc(CNCC(O)C(Cc2cc(F)cc(F)c2)NC(=O)c2cccc(NS(=O)(=O)c3ccsc3)c2)c1. The summed E-state index contributed by atoms with van der Waals surface area (Å²) in [5, 5.41) is 20.1. The van der Waals surface area contributed by atoms with Gasteiger partial charge in [0.25, 0.3) is 15.9 Å². The van der Waals surface area contributed by atoms with Gasteiger partial charge in [-0.3, -0.25) is 9.52 Å². The second kappa shape index (κ2) is 13.8. The van der Waals surface area contributed by atoms with Crippen LogP contribution < -0.4 is 15.4 Å². The van der Waals surface area contributed by atoms with E-state index in [2.05, 4.69) is 28.3 Å². The van der Waals surface area contributed by atoms with Crippen LogP contribution in [0, 0.1) is 11.6 Å². The Kier molecular flexibility index (Phi) is 10.2. The Bertz CT molecular complexity index is 1560. The molecule has 7 nitrogen and oxygen atoms in total. The van der Waals surface area contributed by atoms with Crippen molar-refractivity contribution in [3.63, 3.8) is 0 Å². The number of aliphatic hydroxyl groups excluding tert-OH is 1. The fraction of sp³-hybridized carbons (Fsp3) is 0.233. The first-order chi connectivity index (χ1) is 19.6. The van der Waals surface area contributed by atoms with Gasteiger partial charge in [0.05, 0.1) is 17.0 Å². The first-order valence-electron chi connectivity index (χ1n) is 13.0. The maximum atomic E-state index is 13.9. The van der Waals surface area contributed by atoms with Crippen LogP contribution in [0.4, 0.5) is 14.5 Å². The lowest BCUT2D eigenvalue weighted by Crippen LogP contribution is -2.48. The van der Waals surface area contributed by atoms with Gasteiger partial charge < -0.3 is 15.7 Å². The predicted octanol–water partition coefficient (Wildman–Crippen LogP) is 4.88. The largest absolute Gasteiger partial charge is 0.390 e. The summed E-state index contributed by atoms with van der Waals surface area (Å²) in [7, 11) is -3.83. The van der Waals surface area contributed by atoms with Crippen LogP contribution in [-0.2, 0) is 29.4 Å². The molecule has 2 atom stereocenters. The highest BCUT2D eigenvalue weighted by atomic mass is 32.2. The molecule has 4 rings (SSSR count). The number of aryl methyl sites for hydroxylation is 1. The average Bonchev–Trinajstić information content (AvgIpc) is 3.49. The molecule has 216 valence electrons. The normalized spacial score (nSPS) is 13.0. The molecule has 0 fully saturated rings. The molecule has 0 aliphatic carbocycles. The average molecular weight is 600 g/mol. The summed E-state index contributed by atoms with van der Waals surface area (Å²) in [5.74, 6) is -2.11. The number of aliphatic hydroxyl groups is 1. The smallest absolute Gasteiger partial charge is 0.262 e. The van der Waals surface area contributed by atoms with Crippen LogP contribution in [0.5, 0.6) is 0 Å². The number of hydrogen-bond acceptors (Lipinski definition) is 6. The van der Waals surface area contributed by atoms with Crippen molar-refractivity contribution in [3.8, 4) is 0 Å². The number of anilines is 1. The molecule has 0 aliphatic rings. The van der Waals surface area contributed by atoms with Crippen molar-refractivity contribution in [3.05, 3.63) is 117 Å². The Balaban J connectivity index is 1.48. The molecule has 0 saturated heterocycles. The van der Waals surface area contributed by atoms with E-state index in [1.54, 1.807) is 5.38 Å². The van der Waals surface area contributed by atoms with Crippen molar-refractivity contribution in [2.24, 2.45) is 0 Å². The molecule has 3 aromatic carbocycles. The van der Waals surface area contributed by atoms with Gasteiger partial charge in [0.1, 0.15) is 11.6 Å². The van der Waals surface area contributed by atoms with Gasteiger partial charge in [0, 0.05) is 35.8 Å². The van der Waals surface area contributed by atoms with Gasteiger partial charge in [-0.25, -0.2) is 17.2 Å². The number of benzene rings is 3. The van der Waals surface area contributed by atoms with E-state index in [-0.39, 0.29) is 34.7 Å². The van der Waals surface area contributed by atoms with Gasteiger partial charge >= 0.3 is 0 Å². The molecule has 4 N–H and O–H groups in total. The molecule has 0 saturated carbocycles. The third kappa shape index (κ3) is 8.67. The van der Waals surface area contributed by atoms with Crippen molar-refractivity contribution in [1.29, 1.82) is 0 Å². The summed E-state index contributed by atoms with van der Waals surface area (Å²) in [6, 6.07) is 17.6. The van der Waals surface area contributed by atoms with E-state index in [0.717, 1.165) is 30.2 Å². The Morgan fingerprint density at radius 1 is 0.951 bits per heavy atom. The molecule has 1 heterocycles. The van der Waals surface area contributed by atoms with E-state index in [1.165, 1.54) is 52.6 Å². The maximum absolute atomic E-state index is 13.9. The fourth-order valence-electron chi connectivity index (χ4n) is 4.33. The van der Waals surface area contributed by atoms with Crippen molar-refractivity contribution >= 4 is 33.0 Å². The highest BCUT2D eigenvalue weighted by Gasteiger charge is 2.24. The van der Waals surface area contributed by atoms with Crippen molar-refractivity contribution in [1.82, 2.24) is 10.6 Å². The molecular weight excluding hydrogens is 568 g/mol. The first kappa shape index (κ1) is 30.3. The van der Waals surface area contributed by atoms with Gasteiger partial charge in [0.15, 0.2) is 0 Å². The number of halogens is 2. The van der Waals surface area contributed by atoms with E-state index in [9.17, 15) is 27.1 Å². The Hall–Kier alpha value is -3.64. The Morgan fingerprint density at radius 3 is 2.39 bits per heavy atom. The summed E-state index contributed by atoms with van der Waals surface area (Å²) in [6.07, 6.45) is -0.260. The van der Waals surface area contributed by atoms with Crippen LogP contribution in [-0.4, -0.2) is 38.1 Å². The van der Waals surface area contributed by atoms with E-state index in [4.69, 9.17) is 0 Å². The Labute approximate surface area is 242 Å². The second-order valence-corrected chi connectivity index (χ2v) is 12.0. The molecule has 0 radical (unpaired) electrons. The molecule has 2 unspecified atom stereocenters. The van der Waals surface area contributed by atoms with Gasteiger partial charge in [-0.1, -0.05) is 37.3 Å². The minimum atomic E-state index is -3.83. The van der Waals surface area contributed by atoms with Crippen molar-refractivity contribution in [2.75, 3.05) is 11.3 Å². The van der Waals surface area contributed by atoms with Crippen LogP contribution >= 0.6 is 11.3 Å². The number of nitrogens with one attached hydrogen (secondary N) is 3. The highest BCUT2D eigenvalue weighted by molar-refractivity contribution is 7.92. The van der Waals surface area contributed by atoms with Gasteiger partial charge in [-0.15, -0.1) is 0 Å². The van der Waals surface area contributed by atoms with Gasteiger partial charge in [-0.05, 0) is 71.3 Å². The van der Waals surface area contributed by atoms with E-state index in [1.807, 2.05) is 18.2 Å². The number of hydrogen-bond donors (Lipinski definition) is 4. The zero-order valence-corrected chi connectivity index (χ0v) is 23.9. The van der Waals surface area contributed by atoms with Crippen LogP contribution in [0.15, 0.2) is 88.5 Å². The quantitative estimate of drug-likeness (QED) is 0.175. The van der Waals surface area contributed by atoms with Crippen LogP contribution in [0.25, 0.3) is 0 Å². The topological polar surface area (TPSA) is 108 Å². The molecule has 11 heteroatoms. The number of amides is 1. The minimum Gasteiger partial charge on any atom is -0.390 e. The third-order valence-electron chi connectivity index (χ3n) is 6.42. The van der Waals surface area contributed by atoms with E-state index >= 15 is 0 Å². The fourth-order valence-corrected chi connectivity index (χ4v) is 6.41. The van der Waals surface area contributed by atoms with Gasteiger partial charge in [0.2, 0.25) is 0 Å². The number of thiophene rings is 1. The summed E-state index contributed by atoms with van der Waals surface area (Å²) in [5.41, 5.74) is 2.81. The molecule has 1 amide bonds. The summed E-state index contributed by atoms with van der Waals surface area (Å²) in [6.45, 7) is 2.64. The number of sulfonamides is 1. The van der Waals surface area contributed by atoms with Gasteiger partial charge in [-0.2, -0.15) is 11.3 Å². The molecule has 1 aromatic heterocycles. The third-order valence-corrected chi connectivity index (χ3v) is 8.63.